The third kappa shape index (κ3) is 3.05. The fourth-order valence-corrected chi connectivity index (χ4v) is 2.61. The van der Waals surface area contributed by atoms with Gasteiger partial charge in [-0.25, -0.2) is 4.68 Å². The average molecular weight is 324 g/mol. The number of pyridine rings is 1. The summed E-state index contributed by atoms with van der Waals surface area (Å²) in [6.07, 6.45) is 6.96. The van der Waals surface area contributed by atoms with Gasteiger partial charge < -0.3 is 5.32 Å². The number of hydrogen-bond donors (Lipinski definition) is 1. The Bertz CT molecular complexity index is 879. The van der Waals surface area contributed by atoms with E-state index < -0.39 is 6.04 Å². The van der Waals surface area contributed by atoms with Gasteiger partial charge in [-0.3, -0.25) is 14.5 Å². The standard InChI is InChI=1S/C17H20N6O/c1-11-8-19-22(10-11)16-5-6-18-9-15(16)20-17(24)14(4)23-13(3)7-12(2)21-23/h5-10,14H,1-4H3,(H,20,24). The summed E-state index contributed by atoms with van der Waals surface area (Å²) >= 11 is 0. The zero-order valence-corrected chi connectivity index (χ0v) is 14.2. The molecule has 0 radical (unpaired) electrons. The second kappa shape index (κ2) is 6.27. The van der Waals surface area contributed by atoms with Crippen LogP contribution >= 0.6 is 0 Å². The first-order valence-corrected chi connectivity index (χ1v) is 7.75. The SMILES string of the molecule is Cc1cnn(-c2ccncc2NC(=O)C(C)n2nc(C)cc2C)c1. The van der Waals surface area contributed by atoms with E-state index in [1.54, 1.807) is 28.0 Å². The predicted molar refractivity (Wildman–Crippen MR) is 91.1 cm³/mol. The minimum Gasteiger partial charge on any atom is -0.321 e. The highest BCUT2D eigenvalue weighted by Crippen LogP contribution is 2.20. The molecule has 24 heavy (non-hydrogen) atoms. The van der Waals surface area contributed by atoms with E-state index in [1.807, 2.05) is 46.0 Å². The number of anilines is 1. The number of carbonyl (C=O) groups is 1. The van der Waals surface area contributed by atoms with Crippen molar-refractivity contribution in [1.82, 2.24) is 24.5 Å². The highest BCUT2D eigenvalue weighted by molar-refractivity contribution is 5.95. The van der Waals surface area contributed by atoms with Crippen LogP contribution in [0.5, 0.6) is 0 Å². The molecule has 3 heterocycles. The minimum atomic E-state index is -0.425. The summed E-state index contributed by atoms with van der Waals surface area (Å²) < 4.78 is 3.44. The molecule has 0 aliphatic heterocycles. The first-order valence-electron chi connectivity index (χ1n) is 7.75. The van der Waals surface area contributed by atoms with Gasteiger partial charge >= 0.3 is 0 Å². The second-order valence-electron chi connectivity index (χ2n) is 5.89. The molecule has 7 nitrogen and oxygen atoms in total. The van der Waals surface area contributed by atoms with Gasteiger partial charge in [0.25, 0.3) is 0 Å². The predicted octanol–water partition coefficient (Wildman–Crippen LogP) is 2.59. The molecule has 0 bridgehead atoms. The van der Waals surface area contributed by atoms with E-state index >= 15 is 0 Å². The largest absolute Gasteiger partial charge is 0.321 e. The van der Waals surface area contributed by atoms with Crippen LogP contribution in [0.1, 0.15) is 29.9 Å². The Hall–Kier alpha value is -2.96. The van der Waals surface area contributed by atoms with Gasteiger partial charge in [-0.2, -0.15) is 10.2 Å². The van der Waals surface area contributed by atoms with E-state index in [4.69, 9.17) is 0 Å². The van der Waals surface area contributed by atoms with Gasteiger partial charge in [0.05, 0.1) is 29.5 Å². The highest BCUT2D eigenvalue weighted by atomic mass is 16.2. The molecular formula is C17H20N6O. The molecule has 7 heteroatoms. The molecule has 0 aliphatic rings. The van der Waals surface area contributed by atoms with Crippen LogP contribution in [0.25, 0.3) is 5.69 Å². The maximum absolute atomic E-state index is 12.6. The topological polar surface area (TPSA) is 77.6 Å². The number of aryl methyl sites for hydroxylation is 3. The zero-order valence-electron chi connectivity index (χ0n) is 14.2. The van der Waals surface area contributed by atoms with Crippen molar-refractivity contribution < 1.29 is 4.79 Å². The van der Waals surface area contributed by atoms with Crippen LogP contribution in [0.3, 0.4) is 0 Å². The van der Waals surface area contributed by atoms with Crippen LogP contribution < -0.4 is 5.32 Å². The Morgan fingerprint density at radius 3 is 2.67 bits per heavy atom. The van der Waals surface area contributed by atoms with Gasteiger partial charge in [-0.15, -0.1) is 0 Å². The van der Waals surface area contributed by atoms with Crippen LogP contribution in [-0.2, 0) is 4.79 Å². The van der Waals surface area contributed by atoms with Crippen molar-refractivity contribution in [1.29, 1.82) is 0 Å². The molecule has 1 N–H and O–H groups in total. The Labute approximate surface area is 140 Å². The lowest BCUT2D eigenvalue weighted by Gasteiger charge is -2.16. The van der Waals surface area contributed by atoms with Crippen molar-refractivity contribution in [2.45, 2.75) is 33.7 Å². The Morgan fingerprint density at radius 1 is 1.25 bits per heavy atom. The lowest BCUT2D eigenvalue weighted by atomic mass is 10.2. The smallest absolute Gasteiger partial charge is 0.249 e. The van der Waals surface area contributed by atoms with E-state index in [0.717, 1.165) is 22.6 Å². The van der Waals surface area contributed by atoms with Gasteiger partial charge in [0.2, 0.25) is 5.91 Å². The number of aromatic nitrogens is 5. The normalized spacial score (nSPS) is 12.2. The van der Waals surface area contributed by atoms with Crippen molar-refractivity contribution in [2.24, 2.45) is 0 Å². The molecule has 0 fully saturated rings. The molecule has 0 spiro atoms. The number of nitrogens with one attached hydrogen (secondary N) is 1. The molecule has 3 aromatic heterocycles. The summed E-state index contributed by atoms with van der Waals surface area (Å²) in [7, 11) is 0. The van der Waals surface area contributed by atoms with E-state index in [-0.39, 0.29) is 5.91 Å². The van der Waals surface area contributed by atoms with E-state index in [2.05, 4.69) is 20.5 Å². The van der Waals surface area contributed by atoms with Crippen LogP contribution in [-0.4, -0.2) is 30.5 Å². The summed E-state index contributed by atoms with van der Waals surface area (Å²) in [6.45, 7) is 7.63. The summed E-state index contributed by atoms with van der Waals surface area (Å²) in [5.74, 6) is -0.153. The van der Waals surface area contributed by atoms with Crippen LogP contribution in [0.2, 0.25) is 0 Å². The molecule has 0 aliphatic carbocycles. The number of rotatable bonds is 4. The van der Waals surface area contributed by atoms with E-state index in [9.17, 15) is 4.79 Å². The van der Waals surface area contributed by atoms with Gasteiger partial charge in [0.15, 0.2) is 0 Å². The van der Waals surface area contributed by atoms with Gasteiger partial charge in [0.1, 0.15) is 6.04 Å². The summed E-state index contributed by atoms with van der Waals surface area (Å²) in [4.78, 5) is 16.7. The number of amides is 1. The van der Waals surface area contributed by atoms with Crippen molar-refractivity contribution in [3.05, 3.63) is 53.9 Å². The monoisotopic (exact) mass is 324 g/mol. The molecule has 0 saturated heterocycles. The molecule has 1 unspecified atom stereocenters. The third-order valence-electron chi connectivity index (χ3n) is 3.81. The number of hydrogen-bond acceptors (Lipinski definition) is 4. The molecule has 3 aromatic rings. The quantitative estimate of drug-likeness (QED) is 0.800. The minimum absolute atomic E-state index is 0.153. The van der Waals surface area contributed by atoms with Crippen molar-refractivity contribution in [3.63, 3.8) is 0 Å². The van der Waals surface area contributed by atoms with E-state index in [0.29, 0.717) is 5.69 Å². The summed E-state index contributed by atoms with van der Waals surface area (Å²) in [5, 5.41) is 11.6. The van der Waals surface area contributed by atoms with Crippen molar-refractivity contribution in [3.8, 4) is 5.69 Å². The Balaban J connectivity index is 1.86. The van der Waals surface area contributed by atoms with Gasteiger partial charge in [-0.1, -0.05) is 0 Å². The van der Waals surface area contributed by atoms with E-state index in [1.165, 1.54) is 0 Å². The first-order chi connectivity index (χ1) is 11.5. The first kappa shape index (κ1) is 15.9. The van der Waals surface area contributed by atoms with Crippen LogP contribution in [0.4, 0.5) is 5.69 Å². The Morgan fingerprint density at radius 2 is 2.04 bits per heavy atom. The molecule has 1 amide bonds. The van der Waals surface area contributed by atoms with Crippen LogP contribution in [0, 0.1) is 20.8 Å². The van der Waals surface area contributed by atoms with Gasteiger partial charge in [-0.05, 0) is 45.4 Å². The molecule has 124 valence electrons. The fourth-order valence-electron chi connectivity index (χ4n) is 2.61. The molecular weight excluding hydrogens is 304 g/mol. The molecule has 0 aromatic carbocycles. The van der Waals surface area contributed by atoms with Gasteiger partial charge in [0, 0.05) is 18.1 Å². The zero-order chi connectivity index (χ0) is 17.3. The highest BCUT2D eigenvalue weighted by Gasteiger charge is 2.19. The number of nitrogens with zero attached hydrogens (tertiary/aromatic N) is 5. The lowest BCUT2D eigenvalue weighted by molar-refractivity contribution is -0.119. The second-order valence-corrected chi connectivity index (χ2v) is 5.89. The fraction of sp³-hybridized carbons (Fsp3) is 0.294. The maximum Gasteiger partial charge on any atom is 0.249 e. The third-order valence-corrected chi connectivity index (χ3v) is 3.81. The number of carbonyl (C=O) groups excluding carboxylic acids is 1. The average Bonchev–Trinajstić information content (AvgIpc) is 3.12. The van der Waals surface area contributed by atoms with Crippen LogP contribution in [0.15, 0.2) is 36.9 Å². The maximum atomic E-state index is 12.6. The Kier molecular flexibility index (Phi) is 4.16. The lowest BCUT2D eigenvalue weighted by Crippen LogP contribution is -2.26. The molecule has 1 atom stereocenters. The summed E-state index contributed by atoms with van der Waals surface area (Å²) in [6, 6.07) is 3.34. The van der Waals surface area contributed by atoms with Crippen molar-refractivity contribution >= 4 is 11.6 Å². The molecule has 0 saturated carbocycles. The summed E-state index contributed by atoms with van der Waals surface area (Å²) in [5.41, 5.74) is 4.26. The molecule has 3 rings (SSSR count). The van der Waals surface area contributed by atoms with Crippen molar-refractivity contribution in [2.75, 3.05) is 5.32 Å².